The molecule has 1 fully saturated rings. The van der Waals surface area contributed by atoms with Crippen molar-refractivity contribution in [2.75, 3.05) is 13.2 Å². The van der Waals surface area contributed by atoms with Crippen molar-refractivity contribution in [2.45, 2.75) is 57.2 Å². The molecule has 0 aromatic heterocycles. The molecular formula is C17H26N2O2. The third kappa shape index (κ3) is 3.69. The van der Waals surface area contributed by atoms with E-state index in [9.17, 15) is 0 Å². The Kier molecular flexibility index (Phi) is 4.66. The second-order valence-corrected chi connectivity index (χ2v) is 6.26. The van der Waals surface area contributed by atoms with Crippen LogP contribution >= 0.6 is 0 Å². The lowest BCUT2D eigenvalue weighted by Crippen LogP contribution is -2.38. The molecule has 2 aliphatic rings. The van der Waals surface area contributed by atoms with Crippen molar-refractivity contribution in [3.63, 3.8) is 0 Å². The summed E-state index contributed by atoms with van der Waals surface area (Å²) >= 11 is 0. The van der Waals surface area contributed by atoms with Gasteiger partial charge in [-0.25, -0.2) is 0 Å². The highest BCUT2D eigenvalue weighted by molar-refractivity contribution is 5.44. The van der Waals surface area contributed by atoms with E-state index in [2.05, 4.69) is 24.4 Å². The molecule has 116 valence electrons. The van der Waals surface area contributed by atoms with Crippen LogP contribution in [-0.2, 0) is 0 Å². The van der Waals surface area contributed by atoms with Crippen LogP contribution in [0.2, 0.25) is 0 Å². The molecule has 0 amide bonds. The number of rotatable bonds is 3. The van der Waals surface area contributed by atoms with E-state index in [0.717, 1.165) is 44.0 Å². The van der Waals surface area contributed by atoms with Gasteiger partial charge in [0.1, 0.15) is 0 Å². The normalized spacial score (nSPS) is 27.0. The van der Waals surface area contributed by atoms with E-state index >= 15 is 0 Å². The van der Waals surface area contributed by atoms with Gasteiger partial charge in [0.2, 0.25) is 0 Å². The number of hydrogen-bond donors (Lipinski definition) is 2. The summed E-state index contributed by atoms with van der Waals surface area (Å²) in [4.78, 5) is 0. The van der Waals surface area contributed by atoms with Gasteiger partial charge in [-0.1, -0.05) is 6.07 Å². The number of hydrogen-bond acceptors (Lipinski definition) is 4. The van der Waals surface area contributed by atoms with Crippen molar-refractivity contribution in [3.05, 3.63) is 23.8 Å². The largest absolute Gasteiger partial charge is 0.490 e. The highest BCUT2D eigenvalue weighted by atomic mass is 16.5. The van der Waals surface area contributed by atoms with Crippen LogP contribution in [0.4, 0.5) is 0 Å². The van der Waals surface area contributed by atoms with E-state index < -0.39 is 0 Å². The van der Waals surface area contributed by atoms with E-state index in [0.29, 0.717) is 18.1 Å². The summed E-state index contributed by atoms with van der Waals surface area (Å²) in [6.07, 6.45) is 5.56. The fraction of sp³-hybridized carbons (Fsp3) is 0.647. The topological polar surface area (TPSA) is 56.5 Å². The summed E-state index contributed by atoms with van der Waals surface area (Å²) in [7, 11) is 0. The zero-order valence-corrected chi connectivity index (χ0v) is 12.8. The molecule has 0 spiro atoms. The summed E-state index contributed by atoms with van der Waals surface area (Å²) in [5.41, 5.74) is 7.23. The quantitative estimate of drug-likeness (QED) is 0.899. The molecule has 1 heterocycles. The summed E-state index contributed by atoms with van der Waals surface area (Å²) in [5, 5.41) is 3.73. The Morgan fingerprint density at radius 1 is 1.10 bits per heavy atom. The van der Waals surface area contributed by atoms with Crippen LogP contribution in [0.25, 0.3) is 0 Å². The lowest BCUT2D eigenvalue weighted by molar-refractivity contribution is 0.296. The van der Waals surface area contributed by atoms with Gasteiger partial charge in [0.05, 0.1) is 13.2 Å². The van der Waals surface area contributed by atoms with Gasteiger partial charge < -0.3 is 20.5 Å². The van der Waals surface area contributed by atoms with Gasteiger partial charge in [-0.05, 0) is 50.3 Å². The maximum absolute atomic E-state index is 5.97. The number of ether oxygens (including phenoxy) is 2. The highest BCUT2D eigenvalue weighted by Crippen LogP contribution is 2.32. The maximum Gasteiger partial charge on any atom is 0.161 e. The molecule has 1 aromatic carbocycles. The van der Waals surface area contributed by atoms with E-state index in [1.807, 2.05) is 6.07 Å². The van der Waals surface area contributed by atoms with Crippen molar-refractivity contribution >= 4 is 0 Å². The predicted octanol–water partition coefficient (Wildman–Crippen LogP) is 2.77. The van der Waals surface area contributed by atoms with E-state index in [1.54, 1.807) is 0 Å². The molecule has 21 heavy (non-hydrogen) atoms. The summed E-state index contributed by atoms with van der Waals surface area (Å²) in [6, 6.07) is 7.59. The Balaban J connectivity index is 1.64. The van der Waals surface area contributed by atoms with Crippen molar-refractivity contribution in [1.29, 1.82) is 0 Å². The molecule has 1 aromatic rings. The number of nitrogens with two attached hydrogens (primary N) is 1. The second kappa shape index (κ2) is 6.67. The molecular weight excluding hydrogens is 264 g/mol. The molecule has 1 saturated carbocycles. The van der Waals surface area contributed by atoms with Crippen molar-refractivity contribution in [1.82, 2.24) is 5.32 Å². The molecule has 3 N–H and O–H groups in total. The second-order valence-electron chi connectivity index (χ2n) is 6.26. The van der Waals surface area contributed by atoms with E-state index in [1.165, 1.54) is 18.4 Å². The first kappa shape index (κ1) is 14.7. The Morgan fingerprint density at radius 2 is 1.81 bits per heavy atom. The standard InChI is InChI=1S/C17H26N2O2/c1-12(19-15-6-4-14(18)5-7-15)13-3-8-16-17(11-13)21-10-2-9-20-16/h3,8,11-12,14-15,19H,2,4-7,9-10,18H2,1H3. The van der Waals surface area contributed by atoms with Gasteiger partial charge in [-0.3, -0.25) is 0 Å². The molecule has 1 atom stereocenters. The smallest absolute Gasteiger partial charge is 0.161 e. The van der Waals surface area contributed by atoms with Crippen LogP contribution in [0.15, 0.2) is 18.2 Å². The Bertz CT molecular complexity index is 470. The number of benzene rings is 1. The minimum absolute atomic E-state index is 0.321. The lowest BCUT2D eigenvalue weighted by atomic mass is 9.91. The van der Waals surface area contributed by atoms with Crippen LogP contribution in [0.3, 0.4) is 0 Å². The fourth-order valence-corrected chi connectivity index (χ4v) is 3.18. The first-order valence-corrected chi connectivity index (χ1v) is 8.13. The maximum atomic E-state index is 5.97. The molecule has 1 unspecified atom stereocenters. The van der Waals surface area contributed by atoms with Crippen LogP contribution in [0.5, 0.6) is 11.5 Å². The van der Waals surface area contributed by atoms with Gasteiger partial charge in [0, 0.05) is 24.5 Å². The average molecular weight is 290 g/mol. The third-order valence-electron chi connectivity index (χ3n) is 4.53. The zero-order valence-electron chi connectivity index (χ0n) is 12.8. The monoisotopic (exact) mass is 290 g/mol. The van der Waals surface area contributed by atoms with Gasteiger partial charge in [0.25, 0.3) is 0 Å². The zero-order chi connectivity index (χ0) is 14.7. The van der Waals surface area contributed by atoms with Gasteiger partial charge >= 0.3 is 0 Å². The highest BCUT2D eigenvalue weighted by Gasteiger charge is 2.21. The van der Waals surface area contributed by atoms with Gasteiger partial charge in [0.15, 0.2) is 11.5 Å². The summed E-state index contributed by atoms with van der Waals surface area (Å²) in [5.74, 6) is 1.75. The van der Waals surface area contributed by atoms with Crippen LogP contribution in [-0.4, -0.2) is 25.3 Å². The Morgan fingerprint density at radius 3 is 2.57 bits per heavy atom. The number of fused-ring (bicyclic) bond motifs is 1. The van der Waals surface area contributed by atoms with Crippen molar-refractivity contribution in [3.8, 4) is 11.5 Å². The van der Waals surface area contributed by atoms with Gasteiger partial charge in [-0.15, -0.1) is 0 Å². The molecule has 0 bridgehead atoms. The van der Waals surface area contributed by atoms with E-state index in [-0.39, 0.29) is 0 Å². The minimum Gasteiger partial charge on any atom is -0.490 e. The van der Waals surface area contributed by atoms with Crippen molar-refractivity contribution < 1.29 is 9.47 Å². The fourth-order valence-electron chi connectivity index (χ4n) is 3.18. The Labute approximate surface area is 127 Å². The van der Waals surface area contributed by atoms with Crippen LogP contribution in [0.1, 0.15) is 50.6 Å². The SMILES string of the molecule is CC(NC1CCC(N)CC1)c1ccc2c(c1)OCCCO2. The average Bonchev–Trinajstić information content (AvgIpc) is 2.74. The first-order valence-electron chi connectivity index (χ1n) is 8.13. The predicted molar refractivity (Wildman–Crippen MR) is 83.8 cm³/mol. The molecule has 0 saturated heterocycles. The molecule has 3 rings (SSSR count). The van der Waals surface area contributed by atoms with Crippen LogP contribution < -0.4 is 20.5 Å². The van der Waals surface area contributed by atoms with Gasteiger partial charge in [-0.2, -0.15) is 0 Å². The van der Waals surface area contributed by atoms with Crippen LogP contribution in [0, 0.1) is 0 Å². The van der Waals surface area contributed by atoms with Crippen molar-refractivity contribution in [2.24, 2.45) is 5.73 Å². The first-order chi connectivity index (χ1) is 10.2. The minimum atomic E-state index is 0.321. The Hall–Kier alpha value is -1.26. The molecule has 4 heteroatoms. The molecule has 4 nitrogen and oxygen atoms in total. The summed E-state index contributed by atoms with van der Waals surface area (Å²) < 4.78 is 11.5. The third-order valence-corrected chi connectivity index (χ3v) is 4.53. The molecule has 0 radical (unpaired) electrons. The van der Waals surface area contributed by atoms with E-state index in [4.69, 9.17) is 15.2 Å². The summed E-state index contributed by atoms with van der Waals surface area (Å²) in [6.45, 7) is 3.69. The lowest BCUT2D eigenvalue weighted by Gasteiger charge is -2.30. The molecule has 1 aliphatic heterocycles. The molecule has 1 aliphatic carbocycles. The number of nitrogens with one attached hydrogen (secondary N) is 1.